The van der Waals surface area contributed by atoms with Gasteiger partial charge < -0.3 is 16.2 Å². The third-order valence-electron chi connectivity index (χ3n) is 4.93. The fourth-order valence-electron chi connectivity index (χ4n) is 3.70. The van der Waals surface area contributed by atoms with Crippen LogP contribution < -0.4 is 11.1 Å². The maximum absolute atomic E-state index is 12.4. The molecular weight excluding hydrogens is 240 g/mol. The van der Waals surface area contributed by atoms with Crippen molar-refractivity contribution in [1.82, 2.24) is 5.32 Å². The zero-order valence-electron chi connectivity index (χ0n) is 12.0. The molecule has 4 N–H and O–H groups in total. The zero-order valence-corrected chi connectivity index (χ0v) is 12.0. The van der Waals surface area contributed by atoms with Gasteiger partial charge in [-0.2, -0.15) is 0 Å². The maximum atomic E-state index is 12.4. The van der Waals surface area contributed by atoms with Crippen molar-refractivity contribution >= 4 is 5.91 Å². The number of nitrogens with one attached hydrogen (secondary N) is 1. The number of carbonyl (C=O) groups excluding carboxylic acids is 1. The van der Waals surface area contributed by atoms with Crippen LogP contribution in [0.3, 0.4) is 0 Å². The number of hydrogen-bond donors (Lipinski definition) is 3. The van der Waals surface area contributed by atoms with Gasteiger partial charge in [-0.25, -0.2) is 0 Å². The molecule has 110 valence electrons. The summed E-state index contributed by atoms with van der Waals surface area (Å²) >= 11 is 0. The molecule has 0 radical (unpaired) electrons. The van der Waals surface area contributed by atoms with E-state index in [0.717, 1.165) is 44.9 Å². The second-order valence-electron chi connectivity index (χ2n) is 6.74. The van der Waals surface area contributed by atoms with Gasteiger partial charge in [0.1, 0.15) is 0 Å². The highest BCUT2D eigenvalue weighted by Crippen LogP contribution is 2.33. The van der Waals surface area contributed by atoms with Gasteiger partial charge >= 0.3 is 0 Å². The molecule has 0 saturated heterocycles. The molecule has 0 aromatic carbocycles. The Morgan fingerprint density at radius 1 is 1.32 bits per heavy atom. The smallest absolute Gasteiger partial charge is 0.223 e. The van der Waals surface area contributed by atoms with Crippen molar-refractivity contribution in [3.8, 4) is 0 Å². The van der Waals surface area contributed by atoms with Gasteiger partial charge in [-0.3, -0.25) is 4.79 Å². The molecular formula is C15H28N2O2. The fourth-order valence-corrected chi connectivity index (χ4v) is 3.70. The monoisotopic (exact) mass is 268 g/mol. The number of nitrogens with two attached hydrogens (primary N) is 1. The van der Waals surface area contributed by atoms with Gasteiger partial charge in [0.15, 0.2) is 0 Å². The van der Waals surface area contributed by atoms with Crippen LogP contribution in [-0.4, -0.2) is 29.2 Å². The van der Waals surface area contributed by atoms with E-state index in [1.807, 2.05) is 0 Å². The third kappa shape index (κ3) is 3.69. The average Bonchev–Trinajstić information content (AvgIpc) is 2.39. The van der Waals surface area contributed by atoms with E-state index in [-0.39, 0.29) is 30.0 Å². The summed E-state index contributed by atoms with van der Waals surface area (Å²) in [5, 5.41) is 12.9. The number of carbonyl (C=O) groups is 1. The quantitative estimate of drug-likeness (QED) is 0.727. The zero-order chi connectivity index (χ0) is 13.9. The van der Waals surface area contributed by atoms with E-state index >= 15 is 0 Å². The topological polar surface area (TPSA) is 75.3 Å². The first-order chi connectivity index (χ1) is 9.04. The Morgan fingerprint density at radius 2 is 2.00 bits per heavy atom. The standard InChI is InChI=1S/C15H28N2O2/c1-11-3-2-8-15(9-11,10-18)17-14(19)12-4-6-13(16)7-5-12/h11-13,18H,2-10,16H2,1H3,(H,17,19). The minimum absolute atomic E-state index is 0.0648. The van der Waals surface area contributed by atoms with E-state index in [4.69, 9.17) is 5.73 Å². The fraction of sp³-hybridized carbons (Fsp3) is 0.933. The Balaban J connectivity index is 1.92. The molecule has 0 heterocycles. The molecule has 0 bridgehead atoms. The summed E-state index contributed by atoms with van der Waals surface area (Å²) in [5.41, 5.74) is 5.51. The molecule has 0 aliphatic heterocycles. The van der Waals surface area contributed by atoms with Crippen LogP contribution in [0.15, 0.2) is 0 Å². The van der Waals surface area contributed by atoms with Crippen LogP contribution in [-0.2, 0) is 4.79 Å². The molecule has 2 rings (SSSR count). The van der Waals surface area contributed by atoms with Crippen molar-refractivity contribution in [3.63, 3.8) is 0 Å². The molecule has 19 heavy (non-hydrogen) atoms. The van der Waals surface area contributed by atoms with Crippen LogP contribution in [0.1, 0.15) is 58.3 Å². The summed E-state index contributed by atoms with van der Waals surface area (Å²) in [6, 6.07) is 0.269. The number of rotatable bonds is 3. The van der Waals surface area contributed by atoms with E-state index in [2.05, 4.69) is 12.2 Å². The van der Waals surface area contributed by atoms with Gasteiger partial charge in [0.2, 0.25) is 5.91 Å². The predicted octanol–water partition coefficient (Wildman–Crippen LogP) is 1.56. The Bertz CT molecular complexity index is 313. The molecule has 4 heteroatoms. The average molecular weight is 268 g/mol. The Hall–Kier alpha value is -0.610. The molecule has 0 aromatic rings. The van der Waals surface area contributed by atoms with Crippen LogP contribution in [0.2, 0.25) is 0 Å². The lowest BCUT2D eigenvalue weighted by molar-refractivity contribution is -0.129. The third-order valence-corrected chi connectivity index (χ3v) is 4.93. The van der Waals surface area contributed by atoms with Crippen LogP contribution in [0, 0.1) is 11.8 Å². The summed E-state index contributed by atoms with van der Waals surface area (Å²) in [6.45, 7) is 2.27. The van der Waals surface area contributed by atoms with E-state index in [1.165, 1.54) is 6.42 Å². The molecule has 0 spiro atoms. The first kappa shape index (κ1) is 14.8. The second kappa shape index (κ2) is 6.23. The molecule has 0 aromatic heterocycles. The Kier molecular flexibility index (Phi) is 4.85. The normalized spacial score (nSPS) is 39.8. The molecule has 2 aliphatic carbocycles. The predicted molar refractivity (Wildman–Crippen MR) is 75.5 cm³/mol. The number of hydrogen-bond acceptors (Lipinski definition) is 3. The Morgan fingerprint density at radius 3 is 2.58 bits per heavy atom. The summed E-state index contributed by atoms with van der Waals surface area (Å²) in [4.78, 5) is 12.4. The van der Waals surface area contributed by atoms with E-state index in [9.17, 15) is 9.90 Å². The van der Waals surface area contributed by atoms with Gasteiger partial charge in [0.05, 0.1) is 12.1 Å². The summed E-state index contributed by atoms with van der Waals surface area (Å²) in [7, 11) is 0. The van der Waals surface area contributed by atoms with Crippen molar-refractivity contribution in [3.05, 3.63) is 0 Å². The Labute approximate surface area is 116 Å². The number of aliphatic hydroxyl groups is 1. The van der Waals surface area contributed by atoms with Crippen LogP contribution in [0.25, 0.3) is 0 Å². The van der Waals surface area contributed by atoms with Crippen molar-refractivity contribution in [2.75, 3.05) is 6.61 Å². The van der Waals surface area contributed by atoms with Crippen molar-refractivity contribution < 1.29 is 9.90 Å². The van der Waals surface area contributed by atoms with Gasteiger partial charge in [-0.1, -0.05) is 19.8 Å². The lowest BCUT2D eigenvalue weighted by Crippen LogP contribution is -2.55. The first-order valence-electron chi connectivity index (χ1n) is 7.73. The molecule has 2 aliphatic rings. The highest BCUT2D eigenvalue weighted by Gasteiger charge is 2.37. The first-order valence-corrected chi connectivity index (χ1v) is 7.73. The highest BCUT2D eigenvalue weighted by molar-refractivity contribution is 5.79. The lowest BCUT2D eigenvalue weighted by Gasteiger charge is -2.40. The van der Waals surface area contributed by atoms with Gasteiger partial charge in [-0.15, -0.1) is 0 Å². The molecule has 2 saturated carbocycles. The SMILES string of the molecule is CC1CCCC(CO)(NC(=O)C2CCC(N)CC2)C1. The minimum Gasteiger partial charge on any atom is -0.394 e. The summed E-state index contributed by atoms with van der Waals surface area (Å²) < 4.78 is 0. The molecule has 2 fully saturated rings. The van der Waals surface area contributed by atoms with Crippen LogP contribution in [0.5, 0.6) is 0 Å². The van der Waals surface area contributed by atoms with Crippen LogP contribution >= 0.6 is 0 Å². The molecule has 2 unspecified atom stereocenters. The molecule has 1 amide bonds. The lowest BCUT2D eigenvalue weighted by atomic mass is 9.76. The largest absolute Gasteiger partial charge is 0.394 e. The van der Waals surface area contributed by atoms with Crippen LogP contribution in [0.4, 0.5) is 0 Å². The summed E-state index contributed by atoms with van der Waals surface area (Å²) in [5.74, 6) is 0.816. The van der Waals surface area contributed by atoms with Crippen molar-refractivity contribution in [2.24, 2.45) is 17.6 Å². The van der Waals surface area contributed by atoms with E-state index in [1.54, 1.807) is 0 Å². The van der Waals surface area contributed by atoms with Crippen molar-refractivity contribution in [1.29, 1.82) is 0 Å². The van der Waals surface area contributed by atoms with Gasteiger partial charge in [0.25, 0.3) is 0 Å². The molecule has 2 atom stereocenters. The number of aliphatic hydroxyl groups excluding tert-OH is 1. The maximum Gasteiger partial charge on any atom is 0.223 e. The van der Waals surface area contributed by atoms with E-state index < -0.39 is 0 Å². The summed E-state index contributed by atoms with van der Waals surface area (Å²) in [6.07, 6.45) is 7.79. The molecule has 4 nitrogen and oxygen atoms in total. The number of amides is 1. The van der Waals surface area contributed by atoms with Gasteiger partial charge in [0, 0.05) is 12.0 Å². The highest BCUT2D eigenvalue weighted by atomic mass is 16.3. The minimum atomic E-state index is -0.367. The van der Waals surface area contributed by atoms with Crippen molar-refractivity contribution in [2.45, 2.75) is 69.9 Å². The second-order valence-corrected chi connectivity index (χ2v) is 6.74. The van der Waals surface area contributed by atoms with E-state index in [0.29, 0.717) is 5.92 Å². The van der Waals surface area contributed by atoms with Gasteiger partial charge in [-0.05, 0) is 44.4 Å².